The topological polar surface area (TPSA) is 41.3 Å². The quantitative estimate of drug-likeness (QED) is 0.892. The summed E-state index contributed by atoms with van der Waals surface area (Å²) in [5, 5.41) is 14.7. The van der Waals surface area contributed by atoms with Gasteiger partial charge in [-0.3, -0.25) is 9.58 Å². The van der Waals surface area contributed by atoms with E-state index in [0.717, 1.165) is 18.8 Å². The van der Waals surface area contributed by atoms with Gasteiger partial charge in [0.05, 0.1) is 11.3 Å². The van der Waals surface area contributed by atoms with E-state index in [0.29, 0.717) is 6.54 Å². The minimum absolute atomic E-state index is 0.621. The van der Waals surface area contributed by atoms with Gasteiger partial charge in [-0.2, -0.15) is 5.10 Å². The predicted octanol–water partition coefficient (Wildman–Crippen LogP) is 2.81. The van der Waals surface area contributed by atoms with E-state index in [1.165, 1.54) is 16.8 Å². The number of benzene rings is 1. The van der Waals surface area contributed by atoms with Crippen LogP contribution in [-0.4, -0.2) is 31.9 Å². The smallest absolute Gasteiger partial charge is 0.0718 e. The summed E-state index contributed by atoms with van der Waals surface area (Å²) in [7, 11) is 1.98. The summed E-state index contributed by atoms with van der Waals surface area (Å²) in [6.07, 6.45) is 0. The van der Waals surface area contributed by atoms with Crippen molar-refractivity contribution in [1.82, 2.24) is 14.7 Å². The van der Waals surface area contributed by atoms with Gasteiger partial charge in [0.15, 0.2) is 0 Å². The lowest BCUT2D eigenvalue weighted by atomic mass is 10.1. The molecule has 0 radical (unpaired) electrons. The number of aryl methyl sites for hydroxylation is 2. The van der Waals surface area contributed by atoms with E-state index in [1.54, 1.807) is 0 Å². The third kappa shape index (κ3) is 4.42. The lowest BCUT2D eigenvalue weighted by molar-refractivity contribution is 0.0305. The first-order valence-electron chi connectivity index (χ1n) is 7.74. The minimum Gasteiger partial charge on any atom is -0.389 e. The van der Waals surface area contributed by atoms with Crippen molar-refractivity contribution in [1.29, 1.82) is 0 Å². The maximum Gasteiger partial charge on any atom is 0.0718 e. The summed E-state index contributed by atoms with van der Waals surface area (Å²) in [4.78, 5) is 2.28. The molecule has 0 bridgehead atoms. The van der Waals surface area contributed by atoms with Crippen LogP contribution in [0.5, 0.6) is 0 Å². The number of aliphatic hydroxyl groups is 1. The predicted molar refractivity (Wildman–Crippen MR) is 89.5 cm³/mol. The second kappa shape index (κ2) is 6.63. The lowest BCUT2D eigenvalue weighted by Gasteiger charge is -2.29. The van der Waals surface area contributed by atoms with Crippen LogP contribution in [0.15, 0.2) is 30.3 Å². The highest BCUT2D eigenvalue weighted by molar-refractivity contribution is 5.24. The zero-order valence-corrected chi connectivity index (χ0v) is 14.3. The number of nitrogens with zero attached hydrogens (tertiary/aromatic N) is 3. The first kappa shape index (κ1) is 16.7. The molecule has 120 valence electrons. The van der Waals surface area contributed by atoms with Gasteiger partial charge in [0.2, 0.25) is 0 Å². The van der Waals surface area contributed by atoms with E-state index in [9.17, 15) is 5.11 Å². The first-order chi connectivity index (χ1) is 10.3. The molecule has 0 amide bonds. The standard InChI is InChI=1S/C18H27N3O/c1-14-17(15(2)20(5)19-14)12-21(13-18(3,4)22)11-16-9-7-6-8-10-16/h6-10,22H,11-13H2,1-5H3. The molecule has 1 heterocycles. The summed E-state index contributed by atoms with van der Waals surface area (Å²) in [5.74, 6) is 0. The molecule has 0 fully saturated rings. The van der Waals surface area contributed by atoms with Crippen molar-refractivity contribution in [3.8, 4) is 0 Å². The van der Waals surface area contributed by atoms with Crippen LogP contribution >= 0.6 is 0 Å². The average molecular weight is 301 g/mol. The van der Waals surface area contributed by atoms with Crippen LogP contribution in [0.25, 0.3) is 0 Å². The van der Waals surface area contributed by atoms with Crippen molar-refractivity contribution in [2.45, 2.75) is 46.4 Å². The molecule has 22 heavy (non-hydrogen) atoms. The molecular weight excluding hydrogens is 274 g/mol. The average Bonchev–Trinajstić information content (AvgIpc) is 2.65. The van der Waals surface area contributed by atoms with Gasteiger partial charge in [-0.15, -0.1) is 0 Å². The van der Waals surface area contributed by atoms with E-state index in [-0.39, 0.29) is 0 Å². The Kier molecular flexibility index (Phi) is 5.04. The highest BCUT2D eigenvalue weighted by Crippen LogP contribution is 2.18. The van der Waals surface area contributed by atoms with Crippen LogP contribution in [0.4, 0.5) is 0 Å². The van der Waals surface area contributed by atoms with Crippen LogP contribution in [0, 0.1) is 13.8 Å². The SMILES string of the molecule is Cc1nn(C)c(C)c1CN(Cc1ccccc1)CC(C)(C)O. The van der Waals surface area contributed by atoms with Crippen molar-refractivity contribution >= 4 is 0 Å². The molecule has 1 N–H and O–H groups in total. The highest BCUT2D eigenvalue weighted by Gasteiger charge is 2.21. The molecule has 0 saturated heterocycles. The Morgan fingerprint density at radius 1 is 1.14 bits per heavy atom. The zero-order valence-electron chi connectivity index (χ0n) is 14.3. The first-order valence-corrected chi connectivity index (χ1v) is 7.74. The van der Waals surface area contributed by atoms with Crippen molar-refractivity contribution in [3.63, 3.8) is 0 Å². The van der Waals surface area contributed by atoms with Gasteiger partial charge >= 0.3 is 0 Å². The summed E-state index contributed by atoms with van der Waals surface area (Å²) < 4.78 is 1.93. The fraction of sp³-hybridized carbons (Fsp3) is 0.500. The molecule has 0 aliphatic rings. The molecule has 4 heteroatoms. The summed E-state index contributed by atoms with van der Waals surface area (Å²) >= 11 is 0. The summed E-state index contributed by atoms with van der Waals surface area (Å²) in [6, 6.07) is 10.4. The Hall–Kier alpha value is -1.65. The molecule has 0 saturated carbocycles. The Balaban J connectivity index is 2.21. The number of hydrogen-bond donors (Lipinski definition) is 1. The van der Waals surface area contributed by atoms with Crippen molar-refractivity contribution in [2.75, 3.05) is 6.54 Å². The largest absolute Gasteiger partial charge is 0.389 e. The molecule has 0 atom stereocenters. The number of aromatic nitrogens is 2. The highest BCUT2D eigenvalue weighted by atomic mass is 16.3. The molecule has 4 nitrogen and oxygen atoms in total. The van der Waals surface area contributed by atoms with Crippen molar-refractivity contribution in [2.24, 2.45) is 7.05 Å². The molecule has 0 aliphatic carbocycles. The Labute approximate surface area is 133 Å². The second-order valence-electron chi connectivity index (χ2n) is 6.72. The summed E-state index contributed by atoms with van der Waals surface area (Å²) in [5.41, 5.74) is 4.03. The van der Waals surface area contributed by atoms with Gasteiger partial charge in [0, 0.05) is 37.9 Å². The summed E-state index contributed by atoms with van der Waals surface area (Å²) in [6.45, 7) is 10.1. The van der Waals surface area contributed by atoms with E-state index in [2.05, 4.69) is 41.2 Å². The normalized spacial score (nSPS) is 12.1. The zero-order chi connectivity index (χ0) is 16.3. The second-order valence-corrected chi connectivity index (χ2v) is 6.72. The fourth-order valence-corrected chi connectivity index (χ4v) is 2.83. The maximum atomic E-state index is 10.2. The van der Waals surface area contributed by atoms with Crippen LogP contribution in [0.3, 0.4) is 0 Å². The maximum absolute atomic E-state index is 10.2. The van der Waals surface area contributed by atoms with Gasteiger partial charge < -0.3 is 5.11 Å². The molecule has 1 aromatic heterocycles. The van der Waals surface area contributed by atoms with Gasteiger partial charge in [0.25, 0.3) is 0 Å². The Bertz CT molecular complexity index is 611. The molecule has 2 aromatic rings. The molecule has 0 aliphatic heterocycles. The molecule has 1 aromatic carbocycles. The number of rotatable bonds is 6. The van der Waals surface area contributed by atoms with Gasteiger partial charge in [-0.25, -0.2) is 0 Å². The van der Waals surface area contributed by atoms with Gasteiger partial charge in [0.1, 0.15) is 0 Å². The van der Waals surface area contributed by atoms with Crippen LogP contribution < -0.4 is 0 Å². The van der Waals surface area contributed by atoms with Gasteiger partial charge in [-0.1, -0.05) is 30.3 Å². The fourth-order valence-electron chi connectivity index (χ4n) is 2.83. The van der Waals surface area contributed by atoms with Crippen LogP contribution in [0.2, 0.25) is 0 Å². The van der Waals surface area contributed by atoms with Crippen molar-refractivity contribution < 1.29 is 5.11 Å². The third-order valence-electron chi connectivity index (χ3n) is 3.90. The Morgan fingerprint density at radius 2 is 1.77 bits per heavy atom. The minimum atomic E-state index is -0.723. The van der Waals surface area contributed by atoms with E-state index in [4.69, 9.17) is 0 Å². The Morgan fingerprint density at radius 3 is 2.27 bits per heavy atom. The van der Waals surface area contributed by atoms with Gasteiger partial charge in [-0.05, 0) is 33.3 Å². The lowest BCUT2D eigenvalue weighted by Crippen LogP contribution is -2.38. The van der Waals surface area contributed by atoms with E-state index in [1.807, 2.05) is 38.6 Å². The number of hydrogen-bond acceptors (Lipinski definition) is 3. The van der Waals surface area contributed by atoms with E-state index >= 15 is 0 Å². The molecule has 0 spiro atoms. The van der Waals surface area contributed by atoms with E-state index < -0.39 is 5.60 Å². The van der Waals surface area contributed by atoms with Crippen molar-refractivity contribution in [3.05, 3.63) is 52.8 Å². The van der Waals surface area contributed by atoms with Crippen LogP contribution in [-0.2, 0) is 20.1 Å². The monoisotopic (exact) mass is 301 g/mol. The molecular formula is C18H27N3O. The molecule has 0 unspecified atom stereocenters. The van der Waals surface area contributed by atoms with Crippen LogP contribution in [0.1, 0.15) is 36.4 Å². The molecule has 2 rings (SSSR count). The third-order valence-corrected chi connectivity index (χ3v) is 3.90.